The number of hydrogen-bond acceptors (Lipinski definition) is 2. The predicted molar refractivity (Wildman–Crippen MR) is 36.7 cm³/mol. The van der Waals surface area contributed by atoms with Crippen LogP contribution in [0.5, 0.6) is 0 Å². The Kier molecular flexibility index (Phi) is 3.83. The Hall–Kier alpha value is -0.0800. The van der Waals surface area contributed by atoms with Crippen molar-refractivity contribution in [3.8, 4) is 0 Å². The molecule has 2 heteroatoms. The van der Waals surface area contributed by atoms with Gasteiger partial charge in [0.1, 0.15) is 0 Å². The summed E-state index contributed by atoms with van der Waals surface area (Å²) in [6.45, 7) is 5.18. The second-order valence-electron chi connectivity index (χ2n) is 2.39. The second-order valence-corrected chi connectivity index (χ2v) is 2.39. The molecule has 2 atom stereocenters. The number of hydrogen-bond donors (Lipinski definition) is 2. The molecule has 3 N–H and O–H groups in total. The molecule has 0 saturated heterocycles. The topological polar surface area (TPSA) is 38.0 Å². The molecule has 0 spiro atoms. The lowest BCUT2D eigenvalue weighted by Crippen LogP contribution is -2.31. The van der Waals surface area contributed by atoms with Gasteiger partial charge < -0.3 is 11.1 Å². The monoisotopic (exact) mass is 116 g/mol. The molecule has 8 heavy (non-hydrogen) atoms. The van der Waals surface area contributed by atoms with Gasteiger partial charge in [-0.15, -0.1) is 0 Å². The van der Waals surface area contributed by atoms with E-state index in [9.17, 15) is 0 Å². The summed E-state index contributed by atoms with van der Waals surface area (Å²) in [6.07, 6.45) is 0. The van der Waals surface area contributed by atoms with Gasteiger partial charge in [-0.25, -0.2) is 0 Å². The van der Waals surface area contributed by atoms with E-state index in [-0.39, 0.29) is 0 Å². The minimum atomic E-state index is 0.308. The first-order valence-electron chi connectivity index (χ1n) is 3.08. The highest BCUT2D eigenvalue weighted by atomic mass is 14.8. The molecule has 0 amide bonds. The van der Waals surface area contributed by atoms with Crippen LogP contribution in [0.1, 0.15) is 13.8 Å². The first-order valence-corrected chi connectivity index (χ1v) is 3.08. The Labute approximate surface area is 51.5 Å². The van der Waals surface area contributed by atoms with Crippen LogP contribution in [-0.4, -0.2) is 19.6 Å². The summed E-state index contributed by atoms with van der Waals surface area (Å²) >= 11 is 0. The first-order chi connectivity index (χ1) is 3.68. The third-order valence-corrected chi connectivity index (χ3v) is 1.42. The lowest BCUT2D eigenvalue weighted by Gasteiger charge is -2.13. The molecule has 0 aliphatic heterocycles. The fourth-order valence-electron chi connectivity index (χ4n) is 0.508. The Morgan fingerprint density at radius 1 is 1.50 bits per heavy atom. The summed E-state index contributed by atoms with van der Waals surface area (Å²) in [4.78, 5) is 0. The summed E-state index contributed by atoms with van der Waals surface area (Å²) in [5, 5.41) is 3.07. The summed E-state index contributed by atoms with van der Waals surface area (Å²) < 4.78 is 0. The number of nitrogens with one attached hydrogen (secondary N) is 1. The van der Waals surface area contributed by atoms with E-state index in [1.807, 2.05) is 14.0 Å². The quantitative estimate of drug-likeness (QED) is 0.552. The molecular formula is C6H16N2. The van der Waals surface area contributed by atoms with Crippen molar-refractivity contribution in [3.63, 3.8) is 0 Å². The van der Waals surface area contributed by atoms with Crippen molar-refractivity contribution in [2.24, 2.45) is 11.7 Å². The highest BCUT2D eigenvalue weighted by molar-refractivity contribution is 4.63. The van der Waals surface area contributed by atoms with Crippen molar-refractivity contribution in [2.75, 3.05) is 13.6 Å². The maximum atomic E-state index is 5.58. The van der Waals surface area contributed by atoms with E-state index in [1.165, 1.54) is 0 Å². The van der Waals surface area contributed by atoms with Crippen molar-refractivity contribution >= 4 is 0 Å². The Balaban J connectivity index is 3.17. The standard InChI is InChI=1S/C6H16N2/c1-5(4-8-3)6(2)7/h5-6,8H,4,7H2,1-3H3. The summed E-state index contributed by atoms with van der Waals surface area (Å²) in [7, 11) is 1.94. The largest absolute Gasteiger partial charge is 0.328 e. The molecule has 0 heterocycles. The molecule has 0 aliphatic carbocycles. The van der Waals surface area contributed by atoms with E-state index >= 15 is 0 Å². The minimum absolute atomic E-state index is 0.308. The van der Waals surface area contributed by atoms with Crippen molar-refractivity contribution in [3.05, 3.63) is 0 Å². The smallest absolute Gasteiger partial charge is 0.00482 e. The molecule has 50 valence electrons. The maximum Gasteiger partial charge on any atom is 0.00482 e. The van der Waals surface area contributed by atoms with Crippen LogP contribution in [-0.2, 0) is 0 Å². The minimum Gasteiger partial charge on any atom is -0.328 e. The van der Waals surface area contributed by atoms with E-state index in [0.717, 1.165) is 6.54 Å². The van der Waals surface area contributed by atoms with Crippen LogP contribution in [0.2, 0.25) is 0 Å². The molecule has 2 nitrogen and oxygen atoms in total. The highest BCUT2D eigenvalue weighted by Crippen LogP contribution is 1.95. The lowest BCUT2D eigenvalue weighted by molar-refractivity contribution is 0.463. The summed E-state index contributed by atoms with van der Waals surface area (Å²) in [6, 6.07) is 0.308. The molecule has 0 aromatic heterocycles. The molecule has 0 bridgehead atoms. The van der Waals surface area contributed by atoms with Gasteiger partial charge in [0.2, 0.25) is 0 Å². The van der Waals surface area contributed by atoms with Gasteiger partial charge in [0, 0.05) is 6.04 Å². The van der Waals surface area contributed by atoms with Gasteiger partial charge in [-0.3, -0.25) is 0 Å². The Morgan fingerprint density at radius 2 is 2.00 bits per heavy atom. The fraction of sp³-hybridized carbons (Fsp3) is 1.00. The van der Waals surface area contributed by atoms with Crippen LogP contribution >= 0.6 is 0 Å². The van der Waals surface area contributed by atoms with Gasteiger partial charge in [0.25, 0.3) is 0 Å². The van der Waals surface area contributed by atoms with Crippen LogP contribution in [0, 0.1) is 5.92 Å². The van der Waals surface area contributed by atoms with Gasteiger partial charge >= 0.3 is 0 Å². The molecule has 0 saturated carbocycles. The normalized spacial score (nSPS) is 18.0. The molecule has 0 fully saturated rings. The van der Waals surface area contributed by atoms with Crippen molar-refractivity contribution in [1.82, 2.24) is 5.32 Å². The lowest BCUT2D eigenvalue weighted by atomic mass is 10.1. The van der Waals surface area contributed by atoms with Gasteiger partial charge in [0.05, 0.1) is 0 Å². The molecule has 0 radical (unpaired) electrons. The molecule has 2 unspecified atom stereocenters. The third-order valence-electron chi connectivity index (χ3n) is 1.42. The zero-order valence-corrected chi connectivity index (χ0v) is 5.94. The molecule has 0 aromatic rings. The van der Waals surface area contributed by atoms with Gasteiger partial charge in [-0.05, 0) is 26.4 Å². The molecule has 0 rings (SSSR count). The van der Waals surface area contributed by atoms with Crippen LogP contribution in [0.15, 0.2) is 0 Å². The van der Waals surface area contributed by atoms with E-state index < -0.39 is 0 Å². The highest BCUT2D eigenvalue weighted by Gasteiger charge is 2.03. The average molecular weight is 116 g/mol. The second kappa shape index (κ2) is 3.87. The van der Waals surface area contributed by atoms with E-state index in [4.69, 9.17) is 5.73 Å². The predicted octanol–water partition coefficient (Wildman–Crippen LogP) is 0.189. The fourth-order valence-corrected chi connectivity index (χ4v) is 0.508. The SMILES string of the molecule is CNCC(C)C(C)N. The molecule has 0 aromatic carbocycles. The zero-order valence-electron chi connectivity index (χ0n) is 5.94. The van der Waals surface area contributed by atoms with E-state index in [2.05, 4.69) is 12.2 Å². The molecule has 0 aliphatic rings. The van der Waals surface area contributed by atoms with E-state index in [1.54, 1.807) is 0 Å². The van der Waals surface area contributed by atoms with Crippen LogP contribution < -0.4 is 11.1 Å². The van der Waals surface area contributed by atoms with Crippen LogP contribution in [0.25, 0.3) is 0 Å². The number of rotatable bonds is 3. The van der Waals surface area contributed by atoms with Gasteiger partial charge in [0.15, 0.2) is 0 Å². The first kappa shape index (κ1) is 7.92. The third kappa shape index (κ3) is 2.99. The van der Waals surface area contributed by atoms with Crippen LogP contribution in [0.4, 0.5) is 0 Å². The van der Waals surface area contributed by atoms with Crippen molar-refractivity contribution in [2.45, 2.75) is 19.9 Å². The Bertz CT molecular complexity index is 52.5. The van der Waals surface area contributed by atoms with Gasteiger partial charge in [-0.2, -0.15) is 0 Å². The summed E-state index contributed by atoms with van der Waals surface area (Å²) in [5.74, 6) is 0.583. The van der Waals surface area contributed by atoms with E-state index in [0.29, 0.717) is 12.0 Å². The zero-order chi connectivity index (χ0) is 6.57. The van der Waals surface area contributed by atoms with Crippen molar-refractivity contribution < 1.29 is 0 Å². The van der Waals surface area contributed by atoms with Gasteiger partial charge in [-0.1, -0.05) is 6.92 Å². The Morgan fingerprint density at radius 3 is 2.12 bits per heavy atom. The summed E-state index contributed by atoms with van der Waals surface area (Å²) in [5.41, 5.74) is 5.58. The van der Waals surface area contributed by atoms with Crippen molar-refractivity contribution in [1.29, 1.82) is 0 Å². The molecular weight excluding hydrogens is 100 g/mol. The van der Waals surface area contributed by atoms with Crippen LogP contribution in [0.3, 0.4) is 0 Å². The number of nitrogens with two attached hydrogens (primary N) is 1. The maximum absolute atomic E-state index is 5.58. The average Bonchev–Trinajstić information content (AvgIpc) is 1.67.